The number of carbonyl (C=O) groups is 2. The molecule has 3 rings (SSSR count). The highest BCUT2D eigenvalue weighted by atomic mass is 16.5. The number of nitrogens with two attached hydrogens (primary N) is 1. The molecule has 9 heteroatoms. The van der Waals surface area contributed by atoms with Crippen LogP contribution >= 0.6 is 0 Å². The van der Waals surface area contributed by atoms with Crippen LogP contribution in [-0.2, 0) is 11.3 Å². The molecule has 0 fully saturated rings. The second kappa shape index (κ2) is 8.99. The molecular weight excluding hydrogens is 384 g/mol. The van der Waals surface area contributed by atoms with E-state index in [1.165, 1.54) is 4.90 Å². The van der Waals surface area contributed by atoms with Crippen molar-refractivity contribution in [1.29, 1.82) is 0 Å². The Balaban J connectivity index is 1.79. The van der Waals surface area contributed by atoms with Crippen LogP contribution in [0.1, 0.15) is 26.5 Å². The van der Waals surface area contributed by atoms with Crippen molar-refractivity contribution in [3.63, 3.8) is 0 Å². The summed E-state index contributed by atoms with van der Waals surface area (Å²) >= 11 is 0. The minimum atomic E-state index is -0.661. The average molecular weight is 406 g/mol. The molecule has 9 nitrogen and oxygen atoms in total. The number of hydrogen-bond acceptors (Lipinski definition) is 8. The lowest BCUT2D eigenvalue weighted by Crippen LogP contribution is -2.28. The first-order valence-corrected chi connectivity index (χ1v) is 9.14. The van der Waals surface area contributed by atoms with Gasteiger partial charge in [-0.05, 0) is 24.3 Å². The monoisotopic (exact) mass is 406 g/mol. The molecule has 0 aliphatic heterocycles. The van der Waals surface area contributed by atoms with Gasteiger partial charge in [0.25, 0.3) is 5.91 Å². The number of aromatic nitrogens is 3. The van der Waals surface area contributed by atoms with Crippen LogP contribution in [-0.4, -0.2) is 48.0 Å². The van der Waals surface area contributed by atoms with Gasteiger partial charge < -0.3 is 20.3 Å². The number of rotatable bonds is 6. The third-order valence-corrected chi connectivity index (χ3v) is 4.25. The maximum atomic E-state index is 13.0. The fraction of sp³-hybridized carbons (Fsp3) is 0.190. The Morgan fingerprint density at radius 1 is 0.900 bits per heavy atom. The van der Waals surface area contributed by atoms with Crippen molar-refractivity contribution in [2.75, 3.05) is 36.7 Å². The van der Waals surface area contributed by atoms with Crippen molar-refractivity contribution in [2.24, 2.45) is 0 Å². The van der Waals surface area contributed by atoms with Gasteiger partial charge in [0.05, 0.1) is 11.1 Å². The molecular formula is C21H22N6O3. The Hall–Kier alpha value is -4.01. The zero-order valence-electron chi connectivity index (χ0n) is 16.9. The van der Waals surface area contributed by atoms with Gasteiger partial charge in [0.1, 0.15) is 0 Å². The normalized spacial score (nSPS) is 10.4. The highest BCUT2D eigenvalue weighted by Crippen LogP contribution is 2.18. The molecule has 0 aliphatic rings. The molecule has 30 heavy (non-hydrogen) atoms. The molecule has 1 amide bonds. The molecule has 2 N–H and O–H groups in total. The Kier molecular flexibility index (Phi) is 6.21. The minimum absolute atomic E-state index is 0.0276. The van der Waals surface area contributed by atoms with E-state index in [2.05, 4.69) is 15.0 Å². The van der Waals surface area contributed by atoms with Gasteiger partial charge in [-0.3, -0.25) is 4.79 Å². The van der Waals surface area contributed by atoms with Gasteiger partial charge in [0.2, 0.25) is 11.9 Å². The minimum Gasteiger partial charge on any atom is -0.454 e. The van der Waals surface area contributed by atoms with Crippen molar-refractivity contribution in [2.45, 2.75) is 6.61 Å². The molecule has 154 valence electrons. The van der Waals surface area contributed by atoms with E-state index < -0.39 is 5.97 Å². The van der Waals surface area contributed by atoms with E-state index in [9.17, 15) is 9.59 Å². The molecule has 2 aromatic carbocycles. The summed E-state index contributed by atoms with van der Waals surface area (Å²) in [5.74, 6) is -0.392. The summed E-state index contributed by atoms with van der Waals surface area (Å²) < 4.78 is 5.34. The third-order valence-electron chi connectivity index (χ3n) is 4.25. The topological polar surface area (TPSA) is 115 Å². The first-order chi connectivity index (χ1) is 14.4. The van der Waals surface area contributed by atoms with Crippen LogP contribution in [0.25, 0.3) is 0 Å². The number of amides is 1. The van der Waals surface area contributed by atoms with E-state index in [0.29, 0.717) is 11.6 Å². The van der Waals surface area contributed by atoms with Crippen LogP contribution in [0, 0.1) is 0 Å². The summed E-state index contributed by atoms with van der Waals surface area (Å²) in [6.07, 6.45) is 0. The molecule has 0 aliphatic carbocycles. The van der Waals surface area contributed by atoms with E-state index in [1.54, 1.807) is 50.3 Å². The van der Waals surface area contributed by atoms with Crippen molar-refractivity contribution in [3.05, 3.63) is 71.5 Å². The quantitative estimate of drug-likeness (QED) is 0.619. The van der Waals surface area contributed by atoms with E-state index in [0.717, 1.165) is 0 Å². The number of hydrogen-bond donors (Lipinski definition) is 1. The Bertz CT molecular complexity index is 1060. The molecule has 0 bridgehead atoms. The van der Waals surface area contributed by atoms with Crippen molar-refractivity contribution in [1.82, 2.24) is 15.0 Å². The predicted molar refractivity (Wildman–Crippen MR) is 113 cm³/mol. The fourth-order valence-electron chi connectivity index (χ4n) is 2.69. The average Bonchev–Trinajstić information content (AvgIpc) is 2.76. The lowest BCUT2D eigenvalue weighted by molar-refractivity contribution is 0.0459. The smallest absolute Gasteiger partial charge is 0.339 e. The molecule has 0 unspecified atom stereocenters. The number of esters is 1. The lowest BCUT2D eigenvalue weighted by atomic mass is 10.1. The molecule has 0 saturated carbocycles. The van der Waals surface area contributed by atoms with Gasteiger partial charge in [-0.15, -0.1) is 0 Å². The first kappa shape index (κ1) is 20.7. The zero-order valence-corrected chi connectivity index (χ0v) is 16.9. The largest absolute Gasteiger partial charge is 0.454 e. The Labute approximate surface area is 174 Å². The van der Waals surface area contributed by atoms with Gasteiger partial charge in [-0.25, -0.2) is 4.79 Å². The molecule has 1 heterocycles. The van der Waals surface area contributed by atoms with Crippen LogP contribution in [0.4, 0.5) is 17.6 Å². The Morgan fingerprint density at radius 3 is 2.20 bits per heavy atom. The van der Waals surface area contributed by atoms with Gasteiger partial charge in [-0.1, -0.05) is 30.3 Å². The predicted octanol–water partition coefficient (Wildman–Crippen LogP) is 2.15. The second-order valence-electron chi connectivity index (χ2n) is 6.63. The van der Waals surface area contributed by atoms with Gasteiger partial charge >= 0.3 is 5.97 Å². The molecule has 0 saturated heterocycles. The summed E-state index contributed by atoms with van der Waals surface area (Å²) in [6.45, 7) is -0.205. The van der Waals surface area contributed by atoms with Crippen LogP contribution in [0.5, 0.6) is 0 Å². The second-order valence-corrected chi connectivity index (χ2v) is 6.63. The van der Waals surface area contributed by atoms with E-state index in [1.807, 2.05) is 30.3 Å². The van der Waals surface area contributed by atoms with Crippen molar-refractivity contribution >= 4 is 29.5 Å². The summed E-state index contributed by atoms with van der Waals surface area (Å²) in [7, 11) is 5.17. The van der Waals surface area contributed by atoms with E-state index in [-0.39, 0.29) is 35.4 Å². The molecule has 0 radical (unpaired) electrons. The standard InChI is InChI=1S/C21H22N6O3/c1-26(2)21-24-17(23-20(22)25-21)13-30-19(29)16-12-8-7-11-15(16)18(28)27(3)14-9-5-4-6-10-14/h4-12H,13H2,1-3H3,(H2,22,23,24,25). The highest BCUT2D eigenvalue weighted by molar-refractivity contribution is 6.11. The number of nitrogen functional groups attached to an aromatic ring is 1. The number of anilines is 3. The summed E-state index contributed by atoms with van der Waals surface area (Å²) in [6, 6.07) is 15.6. The van der Waals surface area contributed by atoms with Gasteiger partial charge in [0.15, 0.2) is 12.4 Å². The maximum absolute atomic E-state index is 13.0. The summed E-state index contributed by atoms with van der Waals surface area (Å²) in [4.78, 5) is 41.0. The number of benzene rings is 2. The Morgan fingerprint density at radius 2 is 1.53 bits per heavy atom. The zero-order chi connectivity index (χ0) is 21.7. The SMILES string of the molecule is CN(C)c1nc(N)nc(COC(=O)c2ccccc2C(=O)N(C)c2ccccc2)n1. The summed E-state index contributed by atoms with van der Waals surface area (Å²) in [5, 5.41) is 0. The van der Waals surface area contributed by atoms with E-state index >= 15 is 0 Å². The van der Waals surface area contributed by atoms with Crippen LogP contribution in [0.15, 0.2) is 54.6 Å². The molecule has 0 spiro atoms. The van der Waals surface area contributed by atoms with Gasteiger partial charge in [0, 0.05) is 26.8 Å². The van der Waals surface area contributed by atoms with Crippen LogP contribution in [0.3, 0.4) is 0 Å². The number of para-hydroxylation sites is 1. The van der Waals surface area contributed by atoms with Crippen molar-refractivity contribution < 1.29 is 14.3 Å². The molecule has 1 aromatic heterocycles. The molecule has 0 atom stereocenters. The van der Waals surface area contributed by atoms with E-state index in [4.69, 9.17) is 10.5 Å². The van der Waals surface area contributed by atoms with Crippen molar-refractivity contribution in [3.8, 4) is 0 Å². The number of ether oxygens (including phenoxy) is 1. The molecule has 3 aromatic rings. The first-order valence-electron chi connectivity index (χ1n) is 9.14. The lowest BCUT2D eigenvalue weighted by Gasteiger charge is -2.18. The number of nitrogens with zero attached hydrogens (tertiary/aromatic N) is 5. The third kappa shape index (κ3) is 4.69. The van der Waals surface area contributed by atoms with Crippen LogP contribution in [0.2, 0.25) is 0 Å². The van der Waals surface area contributed by atoms with Gasteiger partial charge in [-0.2, -0.15) is 15.0 Å². The highest BCUT2D eigenvalue weighted by Gasteiger charge is 2.22. The number of carbonyl (C=O) groups excluding carboxylic acids is 2. The fourth-order valence-corrected chi connectivity index (χ4v) is 2.69. The van der Waals surface area contributed by atoms with Crippen LogP contribution < -0.4 is 15.5 Å². The summed E-state index contributed by atoms with van der Waals surface area (Å²) in [5.41, 5.74) is 6.79. The maximum Gasteiger partial charge on any atom is 0.339 e.